The summed E-state index contributed by atoms with van der Waals surface area (Å²) in [5.41, 5.74) is 5.94. The molecular formula is C38H46N6O3. The maximum absolute atomic E-state index is 14.6. The molecule has 0 aromatic heterocycles. The van der Waals surface area contributed by atoms with Crippen molar-refractivity contribution in [3.8, 4) is 0 Å². The van der Waals surface area contributed by atoms with E-state index in [1.807, 2.05) is 59.3 Å². The first-order chi connectivity index (χ1) is 22.8. The van der Waals surface area contributed by atoms with Crippen LogP contribution in [0.5, 0.6) is 0 Å². The lowest BCUT2D eigenvalue weighted by Gasteiger charge is -2.31. The van der Waals surface area contributed by atoms with Crippen molar-refractivity contribution in [2.75, 3.05) is 75.9 Å². The minimum atomic E-state index is -0.0257. The zero-order chi connectivity index (χ0) is 32.9. The van der Waals surface area contributed by atoms with Crippen molar-refractivity contribution in [1.82, 2.24) is 20.0 Å². The number of nitrogens with zero attached hydrogens (tertiary/aromatic N) is 5. The second-order valence-electron chi connectivity index (χ2n) is 12.8. The molecule has 47 heavy (non-hydrogen) atoms. The molecule has 0 atom stereocenters. The molecule has 9 heteroatoms. The molecule has 3 aromatic rings. The summed E-state index contributed by atoms with van der Waals surface area (Å²) in [4.78, 5) is 38.2. The van der Waals surface area contributed by atoms with E-state index in [9.17, 15) is 9.59 Å². The molecule has 3 heterocycles. The van der Waals surface area contributed by atoms with E-state index < -0.39 is 0 Å². The molecule has 3 aliphatic heterocycles. The van der Waals surface area contributed by atoms with Crippen LogP contribution in [-0.4, -0.2) is 92.6 Å². The van der Waals surface area contributed by atoms with Crippen molar-refractivity contribution >= 4 is 28.9 Å². The van der Waals surface area contributed by atoms with Crippen molar-refractivity contribution < 1.29 is 14.3 Å². The van der Waals surface area contributed by atoms with Crippen LogP contribution in [0.4, 0.5) is 11.4 Å². The van der Waals surface area contributed by atoms with E-state index in [1.165, 1.54) is 0 Å². The summed E-state index contributed by atoms with van der Waals surface area (Å²) in [6, 6.07) is 26.3. The Hall–Kier alpha value is -4.60. The van der Waals surface area contributed by atoms with Crippen LogP contribution in [0.15, 0.2) is 97.0 Å². The molecule has 1 N–H and O–H groups in total. The Morgan fingerprint density at radius 1 is 0.894 bits per heavy atom. The first kappa shape index (κ1) is 32.3. The van der Waals surface area contributed by atoms with Gasteiger partial charge in [0.25, 0.3) is 11.8 Å². The zero-order valence-electron chi connectivity index (χ0n) is 27.8. The summed E-state index contributed by atoms with van der Waals surface area (Å²) in [5.74, 6) is 1.02. The molecule has 0 spiro atoms. The zero-order valence-corrected chi connectivity index (χ0v) is 27.8. The minimum Gasteiger partial charge on any atom is -0.378 e. The fourth-order valence-corrected chi connectivity index (χ4v) is 6.64. The average molecular weight is 635 g/mol. The standard InChI is InChI=1S/C38H46N6O3/c1-28(2)26-40(4)37(45)32-13-8-10-30(24-32)27-43-29(3)44(34-15-9-14-33(25-34)41-20-22-47-23-21-41)35(31-11-6-5-7-12-31)36(43)38(46)42-18-16-39-17-19-42/h5-15,24-25,28,39H,3,16-23,26-27H2,1-2,4H3. The van der Waals surface area contributed by atoms with Gasteiger partial charge in [-0.15, -0.1) is 0 Å². The maximum atomic E-state index is 14.6. The maximum Gasteiger partial charge on any atom is 0.272 e. The van der Waals surface area contributed by atoms with Gasteiger partial charge in [-0.3, -0.25) is 14.5 Å². The fourth-order valence-electron chi connectivity index (χ4n) is 6.64. The smallest absolute Gasteiger partial charge is 0.272 e. The van der Waals surface area contributed by atoms with Gasteiger partial charge in [-0.1, -0.05) is 69.0 Å². The first-order valence-corrected chi connectivity index (χ1v) is 16.6. The number of carbonyl (C=O) groups is 2. The van der Waals surface area contributed by atoms with E-state index in [-0.39, 0.29) is 11.8 Å². The van der Waals surface area contributed by atoms with Crippen LogP contribution in [0.25, 0.3) is 5.70 Å². The summed E-state index contributed by atoms with van der Waals surface area (Å²) < 4.78 is 5.61. The van der Waals surface area contributed by atoms with Crippen LogP contribution in [0.3, 0.4) is 0 Å². The summed E-state index contributed by atoms with van der Waals surface area (Å²) in [6.07, 6.45) is 0. The third-order valence-electron chi connectivity index (χ3n) is 8.91. The number of piperazine rings is 1. The summed E-state index contributed by atoms with van der Waals surface area (Å²) in [6.45, 7) is 15.7. The first-order valence-electron chi connectivity index (χ1n) is 16.6. The van der Waals surface area contributed by atoms with Gasteiger partial charge in [0, 0.05) is 81.9 Å². The summed E-state index contributed by atoms with van der Waals surface area (Å²) in [7, 11) is 1.85. The van der Waals surface area contributed by atoms with Crippen LogP contribution in [0, 0.1) is 5.92 Å². The van der Waals surface area contributed by atoms with E-state index in [0.29, 0.717) is 62.4 Å². The molecule has 0 radical (unpaired) electrons. The monoisotopic (exact) mass is 634 g/mol. The molecular weight excluding hydrogens is 588 g/mol. The van der Waals surface area contributed by atoms with Gasteiger partial charge in [0.1, 0.15) is 11.5 Å². The Morgan fingerprint density at radius 3 is 2.32 bits per heavy atom. The highest BCUT2D eigenvalue weighted by Gasteiger charge is 2.40. The topological polar surface area (TPSA) is 71.6 Å². The predicted molar refractivity (Wildman–Crippen MR) is 188 cm³/mol. The molecule has 3 aliphatic rings. The highest BCUT2D eigenvalue weighted by Crippen LogP contribution is 2.43. The second-order valence-corrected chi connectivity index (χ2v) is 12.8. The number of hydrogen-bond donors (Lipinski definition) is 1. The van der Waals surface area contributed by atoms with Gasteiger partial charge >= 0.3 is 0 Å². The summed E-state index contributed by atoms with van der Waals surface area (Å²) >= 11 is 0. The number of rotatable bonds is 9. The number of nitrogens with one attached hydrogen (secondary N) is 1. The van der Waals surface area contributed by atoms with Crippen molar-refractivity contribution in [1.29, 1.82) is 0 Å². The van der Waals surface area contributed by atoms with E-state index in [1.54, 1.807) is 4.90 Å². The fraction of sp³-hybridized carbons (Fsp3) is 0.368. The van der Waals surface area contributed by atoms with Crippen molar-refractivity contribution in [2.45, 2.75) is 20.4 Å². The van der Waals surface area contributed by atoms with Gasteiger partial charge in [0.2, 0.25) is 0 Å². The Bertz CT molecular complexity index is 1630. The number of ether oxygens (including phenoxy) is 1. The molecule has 6 rings (SSSR count). The van der Waals surface area contributed by atoms with Gasteiger partial charge in [0.15, 0.2) is 0 Å². The van der Waals surface area contributed by atoms with E-state index in [4.69, 9.17) is 4.74 Å². The number of hydrogen-bond acceptors (Lipinski definition) is 7. The molecule has 246 valence electrons. The van der Waals surface area contributed by atoms with Crippen LogP contribution in [0.2, 0.25) is 0 Å². The number of benzene rings is 3. The predicted octanol–water partition coefficient (Wildman–Crippen LogP) is 4.85. The minimum absolute atomic E-state index is 0.0139. The van der Waals surface area contributed by atoms with E-state index in [2.05, 4.69) is 71.9 Å². The van der Waals surface area contributed by atoms with Gasteiger partial charge in [-0.2, -0.15) is 0 Å². The van der Waals surface area contributed by atoms with Crippen molar-refractivity contribution in [2.24, 2.45) is 5.92 Å². The molecule has 0 unspecified atom stereocenters. The SMILES string of the molecule is C=C1N(Cc2cccc(C(=O)N(C)CC(C)C)c2)C(C(=O)N2CCNCC2)=C(c2ccccc2)N1c1cccc(N2CCOCC2)c1. The lowest BCUT2D eigenvalue weighted by Crippen LogP contribution is -2.48. The number of carbonyl (C=O) groups excluding carboxylic acids is 2. The van der Waals surface area contributed by atoms with Gasteiger partial charge in [0.05, 0.1) is 18.9 Å². The van der Waals surface area contributed by atoms with E-state index >= 15 is 0 Å². The van der Waals surface area contributed by atoms with Crippen LogP contribution in [0.1, 0.15) is 35.3 Å². The number of anilines is 2. The quantitative estimate of drug-likeness (QED) is 0.361. The van der Waals surface area contributed by atoms with Crippen molar-refractivity contribution in [3.05, 3.63) is 114 Å². The van der Waals surface area contributed by atoms with Gasteiger partial charge in [-0.05, 0) is 41.8 Å². The summed E-state index contributed by atoms with van der Waals surface area (Å²) in [5, 5.41) is 3.37. The number of morpholine rings is 1. The normalized spacial score (nSPS) is 17.1. The molecule has 0 aliphatic carbocycles. The Morgan fingerprint density at radius 2 is 1.60 bits per heavy atom. The van der Waals surface area contributed by atoms with Crippen LogP contribution in [-0.2, 0) is 16.1 Å². The number of amides is 2. The Kier molecular flexibility index (Phi) is 9.94. The van der Waals surface area contributed by atoms with Crippen LogP contribution < -0.4 is 15.1 Å². The van der Waals surface area contributed by atoms with E-state index in [0.717, 1.165) is 54.4 Å². The largest absolute Gasteiger partial charge is 0.378 e. The molecule has 2 fully saturated rings. The van der Waals surface area contributed by atoms with Crippen LogP contribution >= 0.6 is 0 Å². The molecule has 2 saturated heterocycles. The van der Waals surface area contributed by atoms with Gasteiger partial charge in [-0.25, -0.2) is 0 Å². The Labute approximate surface area is 278 Å². The van der Waals surface area contributed by atoms with Gasteiger partial charge < -0.3 is 29.7 Å². The molecule has 0 saturated carbocycles. The lowest BCUT2D eigenvalue weighted by molar-refractivity contribution is -0.129. The highest BCUT2D eigenvalue weighted by atomic mass is 16.5. The lowest BCUT2D eigenvalue weighted by atomic mass is 10.1. The third-order valence-corrected chi connectivity index (χ3v) is 8.91. The highest BCUT2D eigenvalue weighted by molar-refractivity contribution is 6.06. The molecule has 0 bridgehead atoms. The Balaban J connectivity index is 1.44. The third kappa shape index (κ3) is 7.06. The second kappa shape index (κ2) is 14.4. The molecule has 2 amide bonds. The average Bonchev–Trinajstić information content (AvgIpc) is 3.39. The van der Waals surface area contributed by atoms with Crippen molar-refractivity contribution in [3.63, 3.8) is 0 Å². The molecule has 9 nitrogen and oxygen atoms in total. The molecule has 3 aromatic carbocycles.